The molecule has 0 bridgehead atoms. The second-order valence-corrected chi connectivity index (χ2v) is 8.63. The topological polar surface area (TPSA) is 199 Å². The van der Waals surface area contributed by atoms with Crippen molar-refractivity contribution in [1.29, 1.82) is 0 Å². The molecule has 14 heteroatoms. The second kappa shape index (κ2) is 21.1. The first-order valence-electron chi connectivity index (χ1n) is 11.8. The average molecular weight is 616 g/mol. The van der Waals surface area contributed by atoms with Crippen molar-refractivity contribution in [2.45, 2.75) is 25.9 Å². The molecule has 0 unspecified atom stereocenters. The molecule has 0 spiro atoms. The number of rotatable bonds is 17. The normalized spacial score (nSPS) is 10.8. The monoisotopic (exact) mass is 614 g/mol. The van der Waals surface area contributed by atoms with E-state index in [-0.39, 0.29) is 31.3 Å². The number of methoxy groups -OCH3 is 2. The minimum atomic E-state index is -4.94. The van der Waals surface area contributed by atoms with Gasteiger partial charge < -0.3 is 41.0 Å². The molecule has 2 aromatic rings. The van der Waals surface area contributed by atoms with Gasteiger partial charge in [-0.05, 0) is 51.2 Å². The predicted molar refractivity (Wildman–Crippen MR) is 133 cm³/mol. The van der Waals surface area contributed by atoms with E-state index in [0.717, 1.165) is 63.2 Å². The van der Waals surface area contributed by atoms with Gasteiger partial charge in [-0.3, -0.25) is 0 Å². The van der Waals surface area contributed by atoms with Crippen LogP contribution in [0.2, 0.25) is 0 Å². The van der Waals surface area contributed by atoms with Gasteiger partial charge in [-0.1, -0.05) is 24.3 Å². The molecule has 3 radical (unpaired) electrons. The molecule has 0 amide bonds. The Morgan fingerprint density at radius 1 is 0.632 bits per heavy atom. The quantitative estimate of drug-likeness (QED) is 0.0771. The molecule has 0 saturated heterocycles. The van der Waals surface area contributed by atoms with Crippen LogP contribution in [0.15, 0.2) is 36.4 Å². The molecule has 0 saturated carbocycles. The molecule has 0 atom stereocenters. The molecule has 2 aromatic carbocycles. The molecule has 2 rings (SSSR count). The first kappa shape index (κ1) is 36.2. The number of hydrogen-bond acceptors (Lipinski definition) is 12. The van der Waals surface area contributed by atoms with Crippen LogP contribution in [0.25, 0.3) is 0 Å². The third kappa shape index (κ3) is 17.0. The molecule has 0 heterocycles. The molecule has 213 valence electrons. The molecular weight excluding hydrogens is 577 g/mol. The SMILES string of the molecule is COc1cccc(CNCCCNCCNCCCNCc2cccc(OC)c2O)c1O.[Ga].[O-][Cl+3]([O-])([O-])[O-]. The van der Waals surface area contributed by atoms with Gasteiger partial charge in [0.05, 0.1) is 14.2 Å². The molecule has 0 aliphatic carbocycles. The predicted octanol–water partition coefficient (Wildman–Crippen LogP) is -3.18. The third-order valence-electron chi connectivity index (χ3n) is 5.13. The molecule has 6 N–H and O–H groups in total. The number of nitrogens with one attached hydrogen (secondary N) is 4. The molecule has 12 nitrogen and oxygen atoms in total. The van der Waals surface area contributed by atoms with Crippen molar-refractivity contribution in [1.82, 2.24) is 21.3 Å². The molecule has 0 aromatic heterocycles. The Morgan fingerprint density at radius 3 is 1.32 bits per heavy atom. The summed E-state index contributed by atoms with van der Waals surface area (Å²) in [6, 6.07) is 11.1. The minimum Gasteiger partial charge on any atom is -0.504 e. The van der Waals surface area contributed by atoms with Crippen LogP contribution in [0, 0.1) is 10.2 Å². The van der Waals surface area contributed by atoms with Gasteiger partial charge in [0.25, 0.3) is 0 Å². The Kier molecular flexibility index (Phi) is 20.1. The summed E-state index contributed by atoms with van der Waals surface area (Å²) in [7, 11) is -1.83. The fraction of sp³-hybridized carbons (Fsp3) is 0.500. The van der Waals surface area contributed by atoms with E-state index in [9.17, 15) is 10.2 Å². The fourth-order valence-corrected chi connectivity index (χ4v) is 3.30. The van der Waals surface area contributed by atoms with Crippen molar-refractivity contribution in [2.75, 3.05) is 53.5 Å². The number of halogens is 1. The van der Waals surface area contributed by atoms with Crippen molar-refractivity contribution in [3.63, 3.8) is 0 Å². The fourth-order valence-electron chi connectivity index (χ4n) is 3.30. The number of hydrogen-bond donors (Lipinski definition) is 6. The van der Waals surface area contributed by atoms with E-state index >= 15 is 0 Å². The summed E-state index contributed by atoms with van der Waals surface area (Å²) in [6.45, 7) is 6.77. The van der Waals surface area contributed by atoms with Crippen molar-refractivity contribution in [3.05, 3.63) is 47.5 Å². The van der Waals surface area contributed by atoms with Crippen LogP contribution < -0.4 is 49.4 Å². The summed E-state index contributed by atoms with van der Waals surface area (Å²) >= 11 is 0. The second-order valence-electron chi connectivity index (χ2n) is 7.87. The summed E-state index contributed by atoms with van der Waals surface area (Å²) in [5, 5.41) is 33.7. The van der Waals surface area contributed by atoms with Crippen molar-refractivity contribution >= 4 is 19.8 Å². The van der Waals surface area contributed by atoms with Crippen LogP contribution in [-0.2, 0) is 13.1 Å². The number of aromatic hydroxyl groups is 2. The van der Waals surface area contributed by atoms with Gasteiger partial charge in [-0.2, -0.15) is 0 Å². The molecule has 0 aliphatic heterocycles. The number of phenolic OH excluding ortho intramolecular Hbond substituents is 2. The van der Waals surface area contributed by atoms with E-state index in [0.29, 0.717) is 24.6 Å². The Hall–Kier alpha value is -1.75. The van der Waals surface area contributed by atoms with Crippen LogP contribution in [0.4, 0.5) is 0 Å². The number of benzene rings is 2. The minimum absolute atomic E-state index is 0. The Labute approximate surface area is 239 Å². The zero-order valence-corrected chi connectivity index (χ0v) is 25.0. The van der Waals surface area contributed by atoms with Gasteiger partial charge in [0.2, 0.25) is 0 Å². The Bertz CT molecular complexity index is 821. The Morgan fingerprint density at radius 2 is 0.974 bits per heavy atom. The van der Waals surface area contributed by atoms with Crippen molar-refractivity contribution in [3.8, 4) is 23.0 Å². The summed E-state index contributed by atoms with van der Waals surface area (Å²) in [5.74, 6) is 1.43. The van der Waals surface area contributed by atoms with E-state index in [1.54, 1.807) is 26.4 Å². The van der Waals surface area contributed by atoms with Gasteiger partial charge in [-0.25, -0.2) is 18.6 Å². The summed E-state index contributed by atoms with van der Waals surface area (Å²) in [6.07, 6.45) is 2.04. The van der Waals surface area contributed by atoms with Gasteiger partial charge in [0.1, 0.15) is 0 Å². The maximum atomic E-state index is 10.1. The van der Waals surface area contributed by atoms with Crippen LogP contribution in [-0.4, -0.2) is 83.5 Å². The summed E-state index contributed by atoms with van der Waals surface area (Å²) in [4.78, 5) is 0. The zero-order chi connectivity index (χ0) is 27.5. The largest absolute Gasteiger partial charge is 0.504 e. The number of ether oxygens (including phenoxy) is 2. The van der Waals surface area contributed by atoms with E-state index in [2.05, 4.69) is 21.3 Å². The standard InChI is InChI=1S/C24H38N4O4.ClHO4.Ga/c1-31-21-9-3-7-19(23(21)29)17-27-13-5-11-25-15-16-26-12-6-14-28-18-20-8-4-10-22(32-2)24(20)30;2-1(3,4)5;/h3-4,7-10,25-30H,5-6,11-18H2,1-2H3;(H,2,3,4,5);/p-1. The first-order chi connectivity index (χ1) is 17.7. The van der Waals surface area contributed by atoms with Crippen LogP contribution in [0.1, 0.15) is 24.0 Å². The van der Waals surface area contributed by atoms with Crippen molar-refractivity contribution < 1.29 is 48.6 Å². The molecule has 38 heavy (non-hydrogen) atoms. The maximum Gasteiger partial charge on any atom is 0.162 e. The van der Waals surface area contributed by atoms with Crippen LogP contribution >= 0.6 is 0 Å². The van der Waals surface area contributed by atoms with Gasteiger partial charge >= 0.3 is 0 Å². The van der Waals surface area contributed by atoms with Gasteiger partial charge in [0.15, 0.2) is 23.0 Å². The van der Waals surface area contributed by atoms with Crippen LogP contribution in [0.3, 0.4) is 0 Å². The van der Waals surface area contributed by atoms with E-state index in [4.69, 9.17) is 28.1 Å². The maximum absolute atomic E-state index is 10.1. The molecule has 0 fully saturated rings. The molecule has 0 aliphatic rings. The third-order valence-corrected chi connectivity index (χ3v) is 5.13. The summed E-state index contributed by atoms with van der Waals surface area (Å²) < 4.78 is 44.2. The van der Waals surface area contributed by atoms with E-state index in [1.165, 1.54) is 0 Å². The van der Waals surface area contributed by atoms with Gasteiger partial charge in [0, 0.05) is 57.1 Å². The zero-order valence-electron chi connectivity index (χ0n) is 21.8. The van der Waals surface area contributed by atoms with Gasteiger partial charge in [-0.15, -0.1) is 10.2 Å². The Balaban J connectivity index is 0.00000208. The van der Waals surface area contributed by atoms with E-state index < -0.39 is 10.2 Å². The first-order valence-corrected chi connectivity index (χ1v) is 13.0. The molecular formula is C24H38ClGaN4O8-. The van der Waals surface area contributed by atoms with Crippen LogP contribution in [0.5, 0.6) is 23.0 Å². The van der Waals surface area contributed by atoms with E-state index in [1.807, 2.05) is 24.3 Å². The average Bonchev–Trinajstić information content (AvgIpc) is 2.85. The smallest absolute Gasteiger partial charge is 0.162 e. The number of phenols is 2. The summed E-state index contributed by atoms with van der Waals surface area (Å²) in [5.41, 5.74) is 1.69. The van der Waals surface area contributed by atoms with Crippen molar-refractivity contribution in [2.24, 2.45) is 0 Å². The number of para-hydroxylation sites is 2.